The third kappa shape index (κ3) is 10.4. The topological polar surface area (TPSA) is 131 Å². The van der Waals surface area contributed by atoms with Crippen molar-refractivity contribution < 1.29 is 28.1 Å². The van der Waals surface area contributed by atoms with Gasteiger partial charge in [-0.1, -0.05) is 48.5 Å². The van der Waals surface area contributed by atoms with Crippen molar-refractivity contribution in [2.24, 2.45) is 0 Å². The zero-order chi connectivity index (χ0) is 39.7. The monoisotopic (exact) mass is 814 g/mol. The van der Waals surface area contributed by atoms with Crippen molar-refractivity contribution in [1.82, 2.24) is 9.62 Å². The van der Waals surface area contributed by atoms with E-state index in [0.29, 0.717) is 5.75 Å². The molecule has 14 heteroatoms. The highest BCUT2D eigenvalue weighted by molar-refractivity contribution is 7.99. The molecule has 294 valence electrons. The number of anilines is 2. The molecule has 11 nitrogen and oxygen atoms in total. The quantitative estimate of drug-likeness (QED) is 0.0626. The minimum absolute atomic E-state index is 0.113. The summed E-state index contributed by atoms with van der Waals surface area (Å²) >= 11 is 3.38. The van der Waals surface area contributed by atoms with Crippen LogP contribution < -0.4 is 14.9 Å². The van der Waals surface area contributed by atoms with Gasteiger partial charge in [-0.25, -0.2) is 18.3 Å². The summed E-state index contributed by atoms with van der Waals surface area (Å²) in [6, 6.07) is 33.1. The van der Waals surface area contributed by atoms with Crippen molar-refractivity contribution in [2.75, 3.05) is 56.8 Å². The van der Waals surface area contributed by atoms with Crippen LogP contribution in [0.15, 0.2) is 124 Å². The lowest BCUT2D eigenvalue weighted by atomic mass is 9.83. The van der Waals surface area contributed by atoms with Crippen molar-refractivity contribution in [3.05, 3.63) is 131 Å². The predicted octanol–water partition coefficient (Wildman–Crippen LogP) is 8.09. The van der Waals surface area contributed by atoms with E-state index in [1.165, 1.54) is 28.1 Å². The number of benzene rings is 4. The second-order valence-corrected chi connectivity index (χ2v) is 17.9. The lowest BCUT2D eigenvalue weighted by Crippen LogP contribution is -2.47. The molecule has 3 N–H and O–H groups in total. The molecule has 0 saturated carbocycles. The largest absolute Gasteiger partial charge is 0.378 e. The first-order valence-electron chi connectivity index (χ1n) is 18.4. The number of carbonyl (C=O) groups excluding carboxylic acids is 1. The van der Waals surface area contributed by atoms with E-state index in [-0.39, 0.29) is 38.4 Å². The summed E-state index contributed by atoms with van der Waals surface area (Å²) < 4.78 is 35.1. The van der Waals surface area contributed by atoms with Crippen LogP contribution in [-0.4, -0.2) is 87.6 Å². The zero-order valence-corrected chi connectivity index (χ0v) is 34.2. The van der Waals surface area contributed by atoms with Crippen molar-refractivity contribution in [3.63, 3.8) is 0 Å². The third-order valence-electron chi connectivity index (χ3n) is 10.1. The molecule has 4 aromatic carbocycles. The molecule has 0 unspecified atom stereocenters. The Morgan fingerprint density at radius 3 is 2.36 bits per heavy atom. The molecule has 0 aliphatic carbocycles. The first kappa shape index (κ1) is 40.9. The molecule has 56 heavy (non-hydrogen) atoms. The van der Waals surface area contributed by atoms with E-state index in [2.05, 4.69) is 61.6 Å². The van der Waals surface area contributed by atoms with Gasteiger partial charge in [0.1, 0.15) is 5.69 Å². The average molecular weight is 815 g/mol. The van der Waals surface area contributed by atoms with Crippen LogP contribution in [0.25, 0.3) is 10.4 Å². The maximum Gasteiger partial charge on any atom is 0.340 e. The van der Waals surface area contributed by atoms with Crippen LogP contribution in [0, 0.1) is 4.91 Å². The number of hydrogen-bond donors (Lipinski definition) is 3. The fourth-order valence-corrected chi connectivity index (χ4v) is 9.66. The van der Waals surface area contributed by atoms with Crippen molar-refractivity contribution >= 4 is 56.1 Å². The van der Waals surface area contributed by atoms with E-state index in [4.69, 9.17) is 4.74 Å². The number of carbonyl (C=O) groups is 1. The van der Waals surface area contributed by atoms with Crippen molar-refractivity contribution in [2.45, 2.75) is 47.1 Å². The van der Waals surface area contributed by atoms with E-state index in [1.54, 1.807) is 42.3 Å². The van der Waals surface area contributed by atoms with E-state index in [9.17, 15) is 23.3 Å². The summed E-state index contributed by atoms with van der Waals surface area (Å²) in [5, 5.41) is 15.4. The van der Waals surface area contributed by atoms with E-state index >= 15 is 0 Å². The average Bonchev–Trinajstić information content (AvgIpc) is 3.75. The smallest absolute Gasteiger partial charge is 0.340 e. The molecule has 5 aromatic rings. The van der Waals surface area contributed by atoms with Crippen molar-refractivity contribution in [1.29, 1.82) is 0 Å². The molecule has 1 aromatic heterocycles. The number of nitrogens with one attached hydrogen (secondary N) is 2. The summed E-state index contributed by atoms with van der Waals surface area (Å²) in [6.07, 6.45) is 3.16. The summed E-state index contributed by atoms with van der Waals surface area (Å²) in [7, 11) is 1.32. The Morgan fingerprint density at radius 2 is 1.70 bits per heavy atom. The van der Waals surface area contributed by atoms with Crippen LogP contribution in [-0.2, 0) is 21.2 Å². The first-order valence-corrected chi connectivity index (χ1v) is 21.8. The number of thioether (sulfide) groups is 1. The molecule has 6 rings (SSSR count). The van der Waals surface area contributed by atoms with Gasteiger partial charge in [0.15, 0.2) is 0 Å². The standard InChI is InChI=1S/C42H47N5O6S3/c1-45(2)24-21-33(30-55-35-11-5-4-6-12-35)43-38-20-19-36(28-39(38)47(49)50)56(51,52)44-41(48)31-15-17-34(18-16-31)46-25-22-42(53-3,23-26-46)29-32-10-7-8-13-37(32)40-14-9-27-54-40/h4-20,27-28,33,43H,21-26,29-30H2,1-3H3,(H-,44,48,49,50)/p+1/t33-/m1/s1. The van der Waals surface area contributed by atoms with Gasteiger partial charge in [-0.3, -0.25) is 4.79 Å². The van der Waals surface area contributed by atoms with Gasteiger partial charge in [0.05, 0.1) is 15.4 Å². The summed E-state index contributed by atoms with van der Waals surface area (Å²) in [6.45, 7) is 2.28. The Labute approximate surface area is 337 Å². The zero-order valence-electron chi connectivity index (χ0n) is 31.8. The van der Waals surface area contributed by atoms with Gasteiger partial charge in [0, 0.05) is 65.5 Å². The number of ether oxygens (including phenoxy) is 1. The highest BCUT2D eigenvalue weighted by Gasteiger charge is 2.36. The maximum atomic E-state index is 13.4. The van der Waals surface area contributed by atoms with Crippen molar-refractivity contribution in [3.8, 4) is 10.4 Å². The van der Waals surface area contributed by atoms with Gasteiger partial charge in [-0.05, 0) is 111 Å². The minimum Gasteiger partial charge on any atom is -0.378 e. The van der Waals surface area contributed by atoms with Gasteiger partial charge in [-0.2, -0.15) is 0 Å². The molecule has 1 fully saturated rings. The number of thiophene rings is 1. The highest BCUT2D eigenvalue weighted by Crippen LogP contribution is 2.36. The Kier molecular flexibility index (Phi) is 13.5. The molecule has 1 aliphatic rings. The van der Waals surface area contributed by atoms with Gasteiger partial charge in [0.2, 0.25) is 0 Å². The Morgan fingerprint density at radius 1 is 0.982 bits per heavy atom. The number of sulfonamides is 1. The van der Waals surface area contributed by atoms with E-state index < -0.39 is 15.9 Å². The van der Waals surface area contributed by atoms with Gasteiger partial charge in [-0.15, -0.1) is 23.1 Å². The third-order valence-corrected chi connectivity index (χ3v) is 13.5. The SMILES string of the molecule is COC1(Cc2ccccc2-c2cccs2)CCN(c2ccc(C(=O)NS(=O)(=O)c3ccc(N[C@H](CCN(C)C)CSc4ccccc4)c([N+](=O)O)c3)cc2)CC1. The normalized spacial score (nSPS) is 14.7. The highest BCUT2D eigenvalue weighted by atomic mass is 32.2. The molecule has 0 spiro atoms. The fraction of sp³-hybridized carbons (Fsp3) is 0.310. The lowest BCUT2D eigenvalue weighted by molar-refractivity contribution is -0.729. The fourth-order valence-electron chi connectivity index (χ4n) is 6.89. The number of piperidine rings is 1. The predicted molar refractivity (Wildman–Crippen MR) is 225 cm³/mol. The Hall–Kier alpha value is -4.73. The molecule has 1 saturated heterocycles. The lowest BCUT2D eigenvalue weighted by Gasteiger charge is -2.42. The van der Waals surface area contributed by atoms with Gasteiger partial charge >= 0.3 is 5.69 Å². The van der Waals surface area contributed by atoms with Gasteiger partial charge in [0.25, 0.3) is 20.9 Å². The molecule has 0 bridgehead atoms. The van der Waals surface area contributed by atoms with Crippen LogP contribution in [0.2, 0.25) is 0 Å². The molecular weight excluding hydrogens is 767 g/mol. The molecule has 2 heterocycles. The summed E-state index contributed by atoms with van der Waals surface area (Å²) in [4.78, 5) is 31.4. The molecular formula is C42H48N5O6S3+. The Balaban J connectivity index is 1.08. The minimum atomic E-state index is -4.41. The second kappa shape index (κ2) is 18.5. The summed E-state index contributed by atoms with van der Waals surface area (Å²) in [5.74, 6) is -0.153. The van der Waals surface area contributed by atoms with Crippen LogP contribution >= 0.6 is 23.1 Å². The molecule has 1 atom stereocenters. The number of nitrogens with zero attached hydrogens (tertiary/aromatic N) is 3. The number of amides is 1. The van der Waals surface area contributed by atoms with E-state index in [0.717, 1.165) is 62.0 Å². The first-order chi connectivity index (χ1) is 26.9. The maximum absolute atomic E-state index is 13.4. The van der Waals surface area contributed by atoms with Gasteiger partial charge < -0.3 is 19.9 Å². The molecule has 1 amide bonds. The van der Waals surface area contributed by atoms with Crippen LogP contribution in [0.5, 0.6) is 0 Å². The van der Waals surface area contributed by atoms with Crippen LogP contribution in [0.4, 0.5) is 17.1 Å². The molecule has 1 aliphatic heterocycles. The summed E-state index contributed by atoms with van der Waals surface area (Å²) in [5.41, 5.74) is 3.27. The number of hydrogen-bond acceptors (Lipinski definition) is 10. The van der Waals surface area contributed by atoms with Crippen LogP contribution in [0.1, 0.15) is 35.2 Å². The number of rotatable bonds is 17. The Bertz CT molecular complexity index is 2190. The van der Waals surface area contributed by atoms with Crippen LogP contribution in [0.3, 0.4) is 0 Å². The molecule has 0 radical (unpaired) electrons. The number of methoxy groups -OCH3 is 1. The second-order valence-electron chi connectivity index (χ2n) is 14.2. The van der Waals surface area contributed by atoms with E-state index in [1.807, 2.05) is 56.6 Å².